The maximum Gasteiger partial charge on any atom is 0.226 e. The Morgan fingerprint density at radius 2 is 2.26 bits per heavy atom. The van der Waals surface area contributed by atoms with Crippen molar-refractivity contribution in [1.82, 2.24) is 4.90 Å². The van der Waals surface area contributed by atoms with Crippen LogP contribution in [0.3, 0.4) is 0 Å². The largest absolute Gasteiger partial charge is 0.490 e. The predicted molar refractivity (Wildman–Crippen MR) is 70.3 cm³/mol. The summed E-state index contributed by atoms with van der Waals surface area (Å²) in [6, 6.07) is 6.20. The lowest BCUT2D eigenvalue weighted by Gasteiger charge is -2.16. The molecular weight excluding hydrogens is 247 g/mol. The second-order valence-electron chi connectivity index (χ2n) is 4.76. The van der Waals surface area contributed by atoms with Gasteiger partial charge in [-0.05, 0) is 31.0 Å². The van der Waals surface area contributed by atoms with E-state index >= 15 is 0 Å². The van der Waals surface area contributed by atoms with E-state index in [0.29, 0.717) is 12.5 Å². The standard InChI is InChI=1S/C14H19FN2O2/c15-12-3-1-2-4-13(12)19-8-6-14(18)17-7-5-11(9-16)10-17/h1-4,11H,5-10,16H2. The molecule has 1 amide bonds. The van der Waals surface area contributed by atoms with E-state index in [0.717, 1.165) is 19.5 Å². The Kier molecular flexibility index (Phi) is 4.74. The number of rotatable bonds is 5. The summed E-state index contributed by atoms with van der Waals surface area (Å²) < 4.78 is 18.6. The fourth-order valence-corrected chi connectivity index (χ4v) is 2.22. The van der Waals surface area contributed by atoms with E-state index in [1.165, 1.54) is 6.07 Å². The quantitative estimate of drug-likeness (QED) is 0.876. The molecule has 1 heterocycles. The second kappa shape index (κ2) is 6.52. The molecule has 1 aromatic rings. The number of hydrogen-bond acceptors (Lipinski definition) is 3. The molecule has 1 aromatic carbocycles. The highest BCUT2D eigenvalue weighted by atomic mass is 19.1. The molecule has 0 bridgehead atoms. The van der Waals surface area contributed by atoms with Gasteiger partial charge in [-0.3, -0.25) is 4.79 Å². The Labute approximate surface area is 112 Å². The van der Waals surface area contributed by atoms with Gasteiger partial charge in [-0.1, -0.05) is 12.1 Å². The van der Waals surface area contributed by atoms with Crippen molar-refractivity contribution in [3.63, 3.8) is 0 Å². The van der Waals surface area contributed by atoms with Gasteiger partial charge in [-0.2, -0.15) is 0 Å². The lowest BCUT2D eigenvalue weighted by Crippen LogP contribution is -2.30. The normalized spacial score (nSPS) is 18.6. The Morgan fingerprint density at radius 3 is 2.95 bits per heavy atom. The first-order chi connectivity index (χ1) is 9.20. The summed E-state index contributed by atoms with van der Waals surface area (Å²) in [5, 5.41) is 0. The lowest BCUT2D eigenvalue weighted by atomic mass is 10.1. The summed E-state index contributed by atoms with van der Waals surface area (Å²) in [6.45, 7) is 2.31. The van der Waals surface area contributed by atoms with E-state index in [-0.39, 0.29) is 24.7 Å². The summed E-state index contributed by atoms with van der Waals surface area (Å²) in [5.74, 6) is 0.250. The molecule has 2 rings (SSSR count). The zero-order valence-electron chi connectivity index (χ0n) is 10.8. The number of para-hydroxylation sites is 1. The molecule has 19 heavy (non-hydrogen) atoms. The molecule has 1 fully saturated rings. The zero-order chi connectivity index (χ0) is 13.7. The molecule has 0 aromatic heterocycles. The van der Waals surface area contributed by atoms with Crippen molar-refractivity contribution >= 4 is 5.91 Å². The van der Waals surface area contributed by atoms with Crippen LogP contribution in [0.5, 0.6) is 5.75 Å². The van der Waals surface area contributed by atoms with Crippen LogP contribution in [-0.2, 0) is 4.79 Å². The Balaban J connectivity index is 1.74. The molecule has 1 aliphatic heterocycles. The van der Waals surface area contributed by atoms with E-state index < -0.39 is 5.82 Å². The van der Waals surface area contributed by atoms with Crippen LogP contribution in [0, 0.1) is 11.7 Å². The molecule has 1 saturated heterocycles. The van der Waals surface area contributed by atoms with Crippen molar-refractivity contribution in [2.75, 3.05) is 26.2 Å². The fraction of sp³-hybridized carbons (Fsp3) is 0.500. The minimum absolute atomic E-state index is 0.0484. The number of nitrogens with zero attached hydrogens (tertiary/aromatic N) is 1. The summed E-state index contributed by atoms with van der Waals surface area (Å²) in [7, 11) is 0. The number of hydrogen-bond donors (Lipinski definition) is 1. The number of nitrogens with two attached hydrogens (primary N) is 1. The van der Waals surface area contributed by atoms with Gasteiger partial charge in [0.15, 0.2) is 11.6 Å². The highest BCUT2D eigenvalue weighted by Crippen LogP contribution is 2.17. The summed E-state index contributed by atoms with van der Waals surface area (Å²) >= 11 is 0. The van der Waals surface area contributed by atoms with Crippen molar-refractivity contribution in [2.45, 2.75) is 12.8 Å². The molecule has 1 atom stereocenters. The van der Waals surface area contributed by atoms with Crippen LogP contribution in [0.25, 0.3) is 0 Å². The third kappa shape index (κ3) is 3.67. The first-order valence-electron chi connectivity index (χ1n) is 6.56. The Bertz CT molecular complexity index is 439. The summed E-state index contributed by atoms with van der Waals surface area (Å²) in [4.78, 5) is 13.7. The van der Waals surface area contributed by atoms with Crippen LogP contribution < -0.4 is 10.5 Å². The molecule has 1 aliphatic rings. The van der Waals surface area contributed by atoms with Gasteiger partial charge in [0.25, 0.3) is 0 Å². The lowest BCUT2D eigenvalue weighted by molar-refractivity contribution is -0.130. The number of carbonyl (C=O) groups excluding carboxylic acids is 1. The molecule has 5 heteroatoms. The van der Waals surface area contributed by atoms with Crippen molar-refractivity contribution < 1.29 is 13.9 Å². The monoisotopic (exact) mass is 266 g/mol. The number of halogens is 1. The van der Waals surface area contributed by atoms with Gasteiger partial charge < -0.3 is 15.4 Å². The molecule has 4 nitrogen and oxygen atoms in total. The maximum absolute atomic E-state index is 13.3. The van der Waals surface area contributed by atoms with Crippen LogP contribution in [0.15, 0.2) is 24.3 Å². The highest BCUT2D eigenvalue weighted by Gasteiger charge is 2.24. The van der Waals surface area contributed by atoms with Gasteiger partial charge in [0.1, 0.15) is 0 Å². The second-order valence-corrected chi connectivity index (χ2v) is 4.76. The van der Waals surface area contributed by atoms with E-state index in [9.17, 15) is 9.18 Å². The fourth-order valence-electron chi connectivity index (χ4n) is 2.22. The SMILES string of the molecule is NCC1CCN(C(=O)CCOc2ccccc2F)C1. The van der Waals surface area contributed by atoms with Gasteiger partial charge in [0.05, 0.1) is 13.0 Å². The summed E-state index contributed by atoms with van der Waals surface area (Å²) in [6.07, 6.45) is 1.24. The van der Waals surface area contributed by atoms with Crippen LogP contribution in [-0.4, -0.2) is 37.0 Å². The Hall–Kier alpha value is -1.62. The smallest absolute Gasteiger partial charge is 0.226 e. The topological polar surface area (TPSA) is 55.6 Å². The van der Waals surface area contributed by atoms with Gasteiger partial charge >= 0.3 is 0 Å². The number of ether oxygens (including phenoxy) is 1. The van der Waals surface area contributed by atoms with Crippen LogP contribution in [0.4, 0.5) is 4.39 Å². The third-order valence-corrected chi connectivity index (χ3v) is 3.38. The first kappa shape index (κ1) is 13.8. The number of likely N-dealkylation sites (tertiary alicyclic amines) is 1. The Morgan fingerprint density at radius 1 is 1.47 bits per heavy atom. The summed E-state index contributed by atoms with van der Waals surface area (Å²) in [5.41, 5.74) is 5.58. The van der Waals surface area contributed by atoms with Crippen LogP contribution >= 0.6 is 0 Å². The molecule has 0 spiro atoms. The first-order valence-corrected chi connectivity index (χ1v) is 6.56. The number of amides is 1. The number of carbonyl (C=O) groups is 1. The van der Waals surface area contributed by atoms with Crippen LogP contribution in [0.1, 0.15) is 12.8 Å². The van der Waals surface area contributed by atoms with Gasteiger partial charge in [0.2, 0.25) is 5.91 Å². The molecule has 104 valence electrons. The van der Waals surface area contributed by atoms with Crippen molar-refractivity contribution in [2.24, 2.45) is 11.7 Å². The maximum atomic E-state index is 13.3. The van der Waals surface area contributed by atoms with Crippen molar-refractivity contribution in [3.8, 4) is 5.75 Å². The molecule has 0 saturated carbocycles. The minimum atomic E-state index is -0.403. The molecule has 1 unspecified atom stereocenters. The molecular formula is C14H19FN2O2. The van der Waals surface area contributed by atoms with Gasteiger partial charge in [-0.25, -0.2) is 4.39 Å². The molecule has 2 N–H and O–H groups in total. The van der Waals surface area contributed by atoms with Gasteiger partial charge in [-0.15, -0.1) is 0 Å². The molecule has 0 aliphatic carbocycles. The van der Waals surface area contributed by atoms with Crippen molar-refractivity contribution in [1.29, 1.82) is 0 Å². The van der Waals surface area contributed by atoms with Gasteiger partial charge in [0, 0.05) is 13.1 Å². The third-order valence-electron chi connectivity index (χ3n) is 3.38. The van der Waals surface area contributed by atoms with E-state index in [1.54, 1.807) is 18.2 Å². The van der Waals surface area contributed by atoms with E-state index in [1.807, 2.05) is 4.90 Å². The average molecular weight is 266 g/mol. The van der Waals surface area contributed by atoms with Crippen molar-refractivity contribution in [3.05, 3.63) is 30.1 Å². The zero-order valence-corrected chi connectivity index (χ0v) is 10.8. The van der Waals surface area contributed by atoms with Crippen LogP contribution in [0.2, 0.25) is 0 Å². The average Bonchev–Trinajstić information content (AvgIpc) is 2.90. The predicted octanol–water partition coefficient (Wildman–Crippen LogP) is 1.40. The highest BCUT2D eigenvalue weighted by molar-refractivity contribution is 5.76. The molecule has 0 radical (unpaired) electrons. The van der Waals surface area contributed by atoms with E-state index in [2.05, 4.69) is 0 Å². The minimum Gasteiger partial charge on any atom is -0.490 e. The van der Waals surface area contributed by atoms with E-state index in [4.69, 9.17) is 10.5 Å². The number of benzene rings is 1.